The lowest BCUT2D eigenvalue weighted by Gasteiger charge is -2.37. The summed E-state index contributed by atoms with van der Waals surface area (Å²) in [7, 11) is -2.01. The second-order valence-electron chi connectivity index (χ2n) is 7.46. The number of carbonyl (C=O) groups is 1. The molecule has 2 rings (SSSR count). The van der Waals surface area contributed by atoms with Gasteiger partial charge in [-0.2, -0.15) is 4.31 Å². The number of rotatable bonds is 3. The summed E-state index contributed by atoms with van der Waals surface area (Å²) >= 11 is 0. The van der Waals surface area contributed by atoms with Crippen molar-refractivity contribution in [2.24, 2.45) is 5.41 Å². The van der Waals surface area contributed by atoms with Crippen molar-refractivity contribution in [3.05, 3.63) is 23.3 Å². The second kappa shape index (κ2) is 6.96. The van der Waals surface area contributed by atoms with Gasteiger partial charge in [0.25, 0.3) is 0 Å². The monoisotopic (exact) mass is 368 g/mol. The minimum atomic E-state index is -3.58. The van der Waals surface area contributed by atoms with Crippen LogP contribution in [0.2, 0.25) is 0 Å². The average molecular weight is 368 g/mol. The van der Waals surface area contributed by atoms with E-state index in [0.717, 1.165) is 5.56 Å². The highest BCUT2D eigenvalue weighted by Gasteiger charge is 2.34. The number of carbonyl (C=O) groups excluding carboxylic acids is 1. The molecule has 0 aliphatic carbocycles. The molecular formula is C18H28N2O4S. The number of methoxy groups -OCH3 is 1. The van der Waals surface area contributed by atoms with Crippen LogP contribution in [0.4, 0.5) is 0 Å². The molecule has 0 aromatic heterocycles. The number of nitrogens with zero attached hydrogens (tertiary/aromatic N) is 2. The van der Waals surface area contributed by atoms with Crippen molar-refractivity contribution >= 4 is 15.9 Å². The van der Waals surface area contributed by atoms with Gasteiger partial charge in [0.2, 0.25) is 15.9 Å². The van der Waals surface area contributed by atoms with Crippen molar-refractivity contribution in [3.63, 3.8) is 0 Å². The highest BCUT2D eigenvalue weighted by Crippen LogP contribution is 2.29. The highest BCUT2D eigenvalue weighted by molar-refractivity contribution is 7.89. The van der Waals surface area contributed by atoms with E-state index in [1.807, 2.05) is 27.7 Å². The standard InChI is InChI=1S/C18H28N2O4S/c1-13-14(2)16(8-7-15(13)24-6)25(22,23)20-11-9-19(10-12-20)17(21)18(3,4)5/h7-8H,9-12H2,1-6H3. The van der Waals surface area contributed by atoms with Crippen LogP contribution in [0.25, 0.3) is 0 Å². The van der Waals surface area contributed by atoms with Crippen LogP contribution >= 0.6 is 0 Å². The van der Waals surface area contributed by atoms with Gasteiger partial charge in [-0.05, 0) is 37.1 Å². The molecule has 6 nitrogen and oxygen atoms in total. The zero-order chi connectivity index (χ0) is 19.0. The summed E-state index contributed by atoms with van der Waals surface area (Å²) in [6.45, 7) is 10.7. The summed E-state index contributed by atoms with van der Waals surface area (Å²) in [5, 5.41) is 0. The van der Waals surface area contributed by atoms with Gasteiger partial charge in [-0.3, -0.25) is 4.79 Å². The third kappa shape index (κ3) is 3.82. The fourth-order valence-corrected chi connectivity index (χ4v) is 4.72. The van der Waals surface area contributed by atoms with Crippen molar-refractivity contribution in [2.45, 2.75) is 39.5 Å². The summed E-state index contributed by atoms with van der Waals surface area (Å²) in [5.41, 5.74) is 1.07. The molecule has 1 saturated heterocycles. The minimum absolute atomic E-state index is 0.0565. The van der Waals surface area contributed by atoms with Crippen molar-refractivity contribution in [1.29, 1.82) is 0 Å². The molecule has 0 N–H and O–H groups in total. The molecule has 1 aliphatic rings. The molecule has 1 amide bonds. The maximum Gasteiger partial charge on any atom is 0.243 e. The summed E-state index contributed by atoms with van der Waals surface area (Å²) in [6, 6.07) is 3.29. The first-order valence-electron chi connectivity index (χ1n) is 8.44. The largest absolute Gasteiger partial charge is 0.496 e. The molecule has 1 aromatic carbocycles. The molecule has 1 heterocycles. The lowest BCUT2D eigenvalue weighted by Crippen LogP contribution is -2.53. The van der Waals surface area contributed by atoms with Crippen LogP contribution in [0.5, 0.6) is 5.75 Å². The number of amides is 1. The summed E-state index contributed by atoms with van der Waals surface area (Å²) in [5.74, 6) is 0.734. The quantitative estimate of drug-likeness (QED) is 0.820. The van der Waals surface area contributed by atoms with Crippen LogP contribution in [0.15, 0.2) is 17.0 Å². The lowest BCUT2D eigenvalue weighted by molar-refractivity contribution is -0.140. The van der Waals surface area contributed by atoms with Gasteiger partial charge in [0, 0.05) is 31.6 Å². The van der Waals surface area contributed by atoms with Crippen LogP contribution in [0.1, 0.15) is 31.9 Å². The maximum absolute atomic E-state index is 13.0. The Morgan fingerprint density at radius 2 is 1.60 bits per heavy atom. The van der Waals surface area contributed by atoms with Crippen molar-refractivity contribution < 1.29 is 17.9 Å². The van der Waals surface area contributed by atoms with Crippen LogP contribution < -0.4 is 4.74 Å². The van der Waals surface area contributed by atoms with E-state index >= 15 is 0 Å². The van der Waals surface area contributed by atoms with Crippen LogP contribution in [0.3, 0.4) is 0 Å². The van der Waals surface area contributed by atoms with Gasteiger partial charge >= 0.3 is 0 Å². The zero-order valence-electron chi connectivity index (χ0n) is 15.9. The molecule has 0 atom stereocenters. The van der Waals surface area contributed by atoms with Gasteiger partial charge < -0.3 is 9.64 Å². The molecule has 140 valence electrons. The summed E-state index contributed by atoms with van der Waals surface area (Å²) < 4.78 is 32.8. The smallest absolute Gasteiger partial charge is 0.243 e. The fourth-order valence-electron chi connectivity index (χ4n) is 3.02. The number of piperazine rings is 1. The van der Waals surface area contributed by atoms with E-state index in [1.165, 1.54) is 4.31 Å². The Morgan fingerprint density at radius 3 is 2.08 bits per heavy atom. The molecule has 0 unspecified atom stereocenters. The Hall–Kier alpha value is -1.60. The fraction of sp³-hybridized carbons (Fsp3) is 0.611. The Labute approximate surface area is 150 Å². The van der Waals surface area contributed by atoms with Gasteiger partial charge in [0.1, 0.15) is 5.75 Å². The first-order valence-corrected chi connectivity index (χ1v) is 9.88. The van der Waals surface area contributed by atoms with Crippen molar-refractivity contribution in [1.82, 2.24) is 9.21 Å². The van der Waals surface area contributed by atoms with E-state index in [9.17, 15) is 13.2 Å². The topological polar surface area (TPSA) is 66.9 Å². The Bertz CT molecular complexity index is 758. The van der Waals surface area contributed by atoms with Crippen molar-refractivity contribution in [2.75, 3.05) is 33.3 Å². The van der Waals surface area contributed by atoms with E-state index in [4.69, 9.17) is 4.74 Å². The SMILES string of the molecule is COc1ccc(S(=O)(=O)N2CCN(C(=O)C(C)(C)C)CC2)c(C)c1C. The van der Waals surface area contributed by atoms with E-state index in [-0.39, 0.29) is 5.91 Å². The molecule has 0 bridgehead atoms. The van der Waals surface area contributed by atoms with Crippen LogP contribution in [-0.4, -0.2) is 56.8 Å². The van der Waals surface area contributed by atoms with Gasteiger partial charge in [0.15, 0.2) is 0 Å². The van der Waals surface area contributed by atoms with Crippen LogP contribution in [-0.2, 0) is 14.8 Å². The second-order valence-corrected chi connectivity index (χ2v) is 9.37. The molecule has 0 radical (unpaired) electrons. The molecule has 25 heavy (non-hydrogen) atoms. The van der Waals surface area contributed by atoms with Gasteiger partial charge in [-0.15, -0.1) is 0 Å². The predicted octanol–water partition coefficient (Wildman–Crippen LogP) is 2.19. The van der Waals surface area contributed by atoms with Gasteiger partial charge in [-0.25, -0.2) is 8.42 Å². The number of ether oxygens (including phenoxy) is 1. The summed E-state index contributed by atoms with van der Waals surface area (Å²) in [4.78, 5) is 14.4. The van der Waals surface area contributed by atoms with Gasteiger partial charge in [0.05, 0.1) is 12.0 Å². The maximum atomic E-state index is 13.0. The Balaban J connectivity index is 2.21. The number of hydrogen-bond donors (Lipinski definition) is 0. The number of sulfonamides is 1. The highest BCUT2D eigenvalue weighted by atomic mass is 32.2. The number of benzene rings is 1. The molecular weight excluding hydrogens is 340 g/mol. The van der Waals surface area contributed by atoms with E-state index in [1.54, 1.807) is 31.1 Å². The molecule has 7 heteroatoms. The third-order valence-corrected chi connectivity index (χ3v) is 6.74. The van der Waals surface area contributed by atoms with E-state index < -0.39 is 15.4 Å². The van der Waals surface area contributed by atoms with Gasteiger partial charge in [-0.1, -0.05) is 20.8 Å². The van der Waals surface area contributed by atoms with Crippen LogP contribution in [0, 0.1) is 19.3 Å². The first-order chi connectivity index (χ1) is 11.5. The molecule has 1 fully saturated rings. The predicted molar refractivity (Wildman–Crippen MR) is 97.3 cm³/mol. The van der Waals surface area contributed by atoms with E-state index in [2.05, 4.69) is 0 Å². The third-order valence-electron chi connectivity index (χ3n) is 4.69. The minimum Gasteiger partial charge on any atom is -0.496 e. The Morgan fingerprint density at radius 1 is 1.04 bits per heavy atom. The number of hydrogen-bond acceptors (Lipinski definition) is 4. The zero-order valence-corrected chi connectivity index (χ0v) is 16.7. The molecule has 0 saturated carbocycles. The Kier molecular flexibility index (Phi) is 5.49. The molecule has 0 spiro atoms. The molecule has 1 aromatic rings. The van der Waals surface area contributed by atoms with E-state index in [0.29, 0.717) is 42.4 Å². The lowest BCUT2D eigenvalue weighted by atomic mass is 9.94. The first kappa shape index (κ1) is 19.7. The molecule has 1 aliphatic heterocycles. The average Bonchev–Trinajstić information content (AvgIpc) is 2.55. The summed E-state index contributed by atoms with van der Waals surface area (Å²) in [6.07, 6.45) is 0. The normalized spacial score (nSPS) is 16.8. The van der Waals surface area contributed by atoms with Crippen molar-refractivity contribution in [3.8, 4) is 5.75 Å².